The van der Waals surface area contributed by atoms with Crippen LogP contribution in [0.5, 0.6) is 5.75 Å². The number of rotatable bonds is 6. The van der Waals surface area contributed by atoms with Crippen LogP contribution in [0.3, 0.4) is 0 Å². The molecule has 1 atom stereocenters. The van der Waals surface area contributed by atoms with Crippen LogP contribution < -0.4 is 10.5 Å². The predicted octanol–water partition coefficient (Wildman–Crippen LogP) is 3.58. The maximum atomic E-state index is 13.5. The average Bonchev–Trinajstić information content (AvgIpc) is 2.40. The Morgan fingerprint density at radius 2 is 2.10 bits per heavy atom. The zero-order valence-corrected chi connectivity index (χ0v) is 14.3. The van der Waals surface area contributed by atoms with Gasteiger partial charge in [0, 0.05) is 17.7 Å². The molecular weight excluding hydrogens is 341 g/mol. The van der Waals surface area contributed by atoms with Crippen molar-refractivity contribution in [1.29, 1.82) is 0 Å². The van der Waals surface area contributed by atoms with Gasteiger partial charge in [-0.25, -0.2) is 4.39 Å². The number of carbonyl (C=O) groups excluding carboxylic acids is 1. The fourth-order valence-corrected chi connectivity index (χ4v) is 2.44. The van der Waals surface area contributed by atoms with Gasteiger partial charge in [-0.1, -0.05) is 0 Å². The van der Waals surface area contributed by atoms with Crippen LogP contribution in [-0.2, 0) is 9.53 Å². The second-order valence-corrected chi connectivity index (χ2v) is 6.28. The van der Waals surface area contributed by atoms with Crippen molar-refractivity contribution in [3.8, 4) is 5.75 Å². The molecule has 0 aliphatic heterocycles. The van der Waals surface area contributed by atoms with Crippen LogP contribution in [0.4, 0.5) is 4.39 Å². The molecule has 6 heteroatoms. The third kappa shape index (κ3) is 4.41. The van der Waals surface area contributed by atoms with Crippen LogP contribution >= 0.6 is 15.9 Å². The summed E-state index contributed by atoms with van der Waals surface area (Å²) in [6.45, 7) is 5.63. The quantitative estimate of drug-likeness (QED) is 0.786. The van der Waals surface area contributed by atoms with Crippen LogP contribution in [0, 0.1) is 11.2 Å². The van der Waals surface area contributed by atoms with Crippen molar-refractivity contribution in [2.45, 2.75) is 33.2 Å². The molecule has 1 unspecified atom stereocenters. The Balaban J connectivity index is 3.01. The third-order valence-electron chi connectivity index (χ3n) is 3.23. The van der Waals surface area contributed by atoms with Gasteiger partial charge in [-0.15, -0.1) is 0 Å². The van der Waals surface area contributed by atoms with Gasteiger partial charge in [0.15, 0.2) is 0 Å². The fraction of sp³-hybridized carbons (Fsp3) is 0.533. The highest BCUT2D eigenvalue weighted by Gasteiger charge is 2.32. The molecule has 2 N–H and O–H groups in total. The topological polar surface area (TPSA) is 61.5 Å². The molecule has 4 nitrogen and oxygen atoms in total. The first-order valence-corrected chi connectivity index (χ1v) is 7.48. The zero-order chi connectivity index (χ0) is 16.2. The second kappa shape index (κ2) is 7.22. The summed E-state index contributed by atoms with van der Waals surface area (Å²) in [5.41, 5.74) is 6.09. The van der Waals surface area contributed by atoms with Gasteiger partial charge >= 0.3 is 5.97 Å². The minimum absolute atomic E-state index is 0.305. The normalized spacial score (nSPS) is 12.9. The number of ether oxygens (including phenoxy) is 2. The monoisotopic (exact) mass is 361 g/mol. The maximum Gasteiger partial charge on any atom is 0.311 e. The molecule has 0 aliphatic rings. The standard InChI is InChI=1S/C15H21BrFNO3/c1-5-21-14(19)15(2,3)8-12(18)9-6-10(16)11(17)7-13(9)20-4/h6-7,12H,5,8,18H2,1-4H3. The summed E-state index contributed by atoms with van der Waals surface area (Å²) in [5.74, 6) is -0.365. The first kappa shape index (κ1) is 17.9. The molecule has 0 fully saturated rings. The van der Waals surface area contributed by atoms with Crippen molar-refractivity contribution in [1.82, 2.24) is 0 Å². The van der Waals surface area contributed by atoms with E-state index in [1.807, 2.05) is 0 Å². The van der Waals surface area contributed by atoms with Crippen molar-refractivity contribution < 1.29 is 18.7 Å². The predicted molar refractivity (Wildman–Crippen MR) is 82.6 cm³/mol. The van der Waals surface area contributed by atoms with Crippen LogP contribution in [0.2, 0.25) is 0 Å². The number of carbonyl (C=O) groups is 1. The summed E-state index contributed by atoms with van der Waals surface area (Å²) in [6.07, 6.45) is 0.361. The molecular formula is C15H21BrFNO3. The number of hydrogen-bond acceptors (Lipinski definition) is 4. The van der Waals surface area contributed by atoms with Gasteiger partial charge in [-0.3, -0.25) is 4.79 Å². The number of benzene rings is 1. The Bertz CT molecular complexity index is 520. The smallest absolute Gasteiger partial charge is 0.311 e. The van der Waals surface area contributed by atoms with Crippen molar-refractivity contribution in [3.63, 3.8) is 0 Å². The maximum absolute atomic E-state index is 13.5. The third-order valence-corrected chi connectivity index (χ3v) is 3.84. The van der Waals surface area contributed by atoms with Crippen molar-refractivity contribution in [2.75, 3.05) is 13.7 Å². The summed E-state index contributed by atoms with van der Waals surface area (Å²) < 4.78 is 24.1. The first-order chi connectivity index (χ1) is 9.72. The molecule has 0 saturated carbocycles. The van der Waals surface area contributed by atoms with Gasteiger partial charge in [0.2, 0.25) is 0 Å². The minimum atomic E-state index is -0.735. The van der Waals surface area contributed by atoms with Gasteiger partial charge in [0.05, 0.1) is 23.6 Å². The molecule has 0 aromatic heterocycles. The van der Waals surface area contributed by atoms with E-state index in [0.29, 0.717) is 28.8 Å². The SMILES string of the molecule is CCOC(=O)C(C)(C)CC(N)c1cc(Br)c(F)cc1OC. The number of methoxy groups -OCH3 is 1. The van der Waals surface area contributed by atoms with Gasteiger partial charge in [-0.2, -0.15) is 0 Å². The number of nitrogens with two attached hydrogens (primary N) is 1. The molecule has 0 aliphatic carbocycles. The molecule has 0 saturated heterocycles. The number of esters is 1. The molecule has 0 spiro atoms. The number of halogens is 2. The lowest BCUT2D eigenvalue weighted by Gasteiger charge is -2.26. The highest BCUT2D eigenvalue weighted by Crippen LogP contribution is 2.36. The van der Waals surface area contributed by atoms with E-state index in [-0.39, 0.29) is 5.97 Å². The summed E-state index contributed by atoms with van der Waals surface area (Å²) in [4.78, 5) is 11.9. The lowest BCUT2D eigenvalue weighted by Crippen LogP contribution is -2.31. The summed E-state index contributed by atoms with van der Waals surface area (Å²) in [6, 6.07) is 2.38. The van der Waals surface area contributed by atoms with E-state index in [1.54, 1.807) is 26.8 Å². The van der Waals surface area contributed by atoms with E-state index in [4.69, 9.17) is 15.2 Å². The Labute approximate surface area is 132 Å². The van der Waals surface area contributed by atoms with Crippen LogP contribution in [-0.4, -0.2) is 19.7 Å². The van der Waals surface area contributed by atoms with E-state index < -0.39 is 17.3 Å². The van der Waals surface area contributed by atoms with Crippen LogP contribution in [0.1, 0.15) is 38.8 Å². The molecule has 118 valence electrons. The first-order valence-electron chi connectivity index (χ1n) is 6.68. The highest BCUT2D eigenvalue weighted by molar-refractivity contribution is 9.10. The Morgan fingerprint density at radius 3 is 2.62 bits per heavy atom. The van der Waals surface area contributed by atoms with E-state index in [2.05, 4.69) is 15.9 Å². The van der Waals surface area contributed by atoms with Crippen molar-refractivity contribution in [3.05, 3.63) is 28.0 Å². The number of hydrogen-bond donors (Lipinski definition) is 1. The highest BCUT2D eigenvalue weighted by atomic mass is 79.9. The van der Waals surface area contributed by atoms with E-state index in [1.165, 1.54) is 13.2 Å². The molecule has 21 heavy (non-hydrogen) atoms. The Morgan fingerprint density at radius 1 is 1.48 bits per heavy atom. The van der Waals surface area contributed by atoms with E-state index in [9.17, 15) is 9.18 Å². The lowest BCUT2D eigenvalue weighted by atomic mass is 9.83. The van der Waals surface area contributed by atoms with E-state index in [0.717, 1.165) is 0 Å². The largest absolute Gasteiger partial charge is 0.496 e. The molecule has 1 aromatic carbocycles. The molecule has 0 radical (unpaired) electrons. The molecule has 0 heterocycles. The summed E-state index contributed by atoms with van der Waals surface area (Å²) >= 11 is 3.13. The van der Waals surface area contributed by atoms with Crippen molar-refractivity contribution in [2.24, 2.45) is 11.1 Å². The molecule has 1 aromatic rings. The van der Waals surface area contributed by atoms with Gasteiger partial charge < -0.3 is 15.2 Å². The summed E-state index contributed by atoms with van der Waals surface area (Å²) in [5, 5.41) is 0. The van der Waals surface area contributed by atoms with Gasteiger partial charge in [-0.05, 0) is 49.2 Å². The minimum Gasteiger partial charge on any atom is -0.496 e. The average molecular weight is 362 g/mol. The fourth-order valence-electron chi connectivity index (χ4n) is 2.08. The van der Waals surface area contributed by atoms with Gasteiger partial charge in [0.25, 0.3) is 0 Å². The molecule has 1 rings (SSSR count). The van der Waals surface area contributed by atoms with Crippen molar-refractivity contribution >= 4 is 21.9 Å². The van der Waals surface area contributed by atoms with E-state index >= 15 is 0 Å². The Kier molecular flexibility index (Phi) is 6.16. The van der Waals surface area contributed by atoms with Crippen LogP contribution in [0.25, 0.3) is 0 Å². The summed E-state index contributed by atoms with van der Waals surface area (Å²) in [7, 11) is 1.45. The Hall–Kier alpha value is -1.14. The molecule has 0 amide bonds. The van der Waals surface area contributed by atoms with Gasteiger partial charge in [0.1, 0.15) is 11.6 Å². The second-order valence-electron chi connectivity index (χ2n) is 5.42. The molecule has 0 bridgehead atoms. The lowest BCUT2D eigenvalue weighted by molar-refractivity contribution is -0.154. The van der Waals surface area contributed by atoms with Crippen LogP contribution in [0.15, 0.2) is 16.6 Å². The zero-order valence-electron chi connectivity index (χ0n) is 12.7.